The molecule has 0 spiro atoms. The van der Waals surface area contributed by atoms with E-state index in [0.29, 0.717) is 0 Å². The molecular weight excluding hydrogens is 232 g/mol. The molecule has 1 amide bonds. The second-order valence-electron chi connectivity index (χ2n) is 5.92. The molecule has 0 aromatic heterocycles. The summed E-state index contributed by atoms with van der Waals surface area (Å²) >= 11 is 0. The number of hydrogen-bond acceptors (Lipinski definition) is 3. The van der Waals surface area contributed by atoms with E-state index >= 15 is 0 Å². The summed E-state index contributed by atoms with van der Waals surface area (Å²) in [4.78, 5) is 24.6. The first kappa shape index (κ1) is 15.0. The molecule has 0 aromatic rings. The van der Waals surface area contributed by atoms with Gasteiger partial charge in [0.1, 0.15) is 5.54 Å². The van der Waals surface area contributed by atoms with Crippen LogP contribution in [0.3, 0.4) is 0 Å². The van der Waals surface area contributed by atoms with Crippen molar-refractivity contribution in [3.05, 3.63) is 0 Å². The number of likely N-dealkylation sites (N-methyl/N-ethyl adjacent to an activating group) is 1. The molecule has 0 aromatic carbocycles. The maximum atomic E-state index is 12.2. The van der Waals surface area contributed by atoms with Crippen LogP contribution < -0.4 is 5.73 Å². The highest BCUT2D eigenvalue weighted by Gasteiger charge is 2.38. The molecule has 0 unspecified atom stereocenters. The molecule has 1 rings (SSSR count). The normalized spacial score (nSPS) is 19.3. The minimum absolute atomic E-state index is 0.188. The van der Waals surface area contributed by atoms with Gasteiger partial charge >= 0.3 is 5.97 Å². The summed E-state index contributed by atoms with van der Waals surface area (Å²) in [5.74, 6) is -1.19. The summed E-state index contributed by atoms with van der Waals surface area (Å²) < 4.78 is 0. The standard InChI is InChI=1S/C13H24N2O3/c1-12(2,11(17)18)15(3)10(16)9-13(14)7-5-4-6-8-13/h4-9,14H2,1-3H3,(H,17,18). The maximum Gasteiger partial charge on any atom is 0.329 e. The highest BCUT2D eigenvalue weighted by atomic mass is 16.4. The van der Waals surface area contributed by atoms with Gasteiger partial charge in [0.2, 0.25) is 5.91 Å². The first-order chi connectivity index (χ1) is 8.19. The number of amides is 1. The Kier molecular flexibility index (Phi) is 4.37. The van der Waals surface area contributed by atoms with Crippen LogP contribution >= 0.6 is 0 Å². The monoisotopic (exact) mass is 256 g/mol. The quantitative estimate of drug-likeness (QED) is 0.795. The fourth-order valence-corrected chi connectivity index (χ4v) is 2.31. The molecule has 5 nitrogen and oxygen atoms in total. The highest BCUT2D eigenvalue weighted by Crippen LogP contribution is 2.29. The van der Waals surface area contributed by atoms with Crippen LogP contribution in [0.15, 0.2) is 0 Å². The number of carboxylic acid groups (broad SMARTS) is 1. The summed E-state index contributed by atoms with van der Waals surface area (Å²) in [5, 5.41) is 9.11. The van der Waals surface area contributed by atoms with Crippen molar-refractivity contribution >= 4 is 11.9 Å². The largest absolute Gasteiger partial charge is 0.480 e. The molecule has 3 N–H and O–H groups in total. The van der Waals surface area contributed by atoms with Gasteiger partial charge in [0.25, 0.3) is 0 Å². The van der Waals surface area contributed by atoms with Crippen molar-refractivity contribution in [3.8, 4) is 0 Å². The van der Waals surface area contributed by atoms with Gasteiger partial charge in [-0.2, -0.15) is 0 Å². The average Bonchev–Trinajstić information content (AvgIpc) is 2.28. The van der Waals surface area contributed by atoms with E-state index in [1.54, 1.807) is 0 Å². The minimum atomic E-state index is -1.19. The topological polar surface area (TPSA) is 83.6 Å². The third kappa shape index (κ3) is 3.22. The van der Waals surface area contributed by atoms with Crippen LogP contribution in [0, 0.1) is 0 Å². The Morgan fingerprint density at radius 3 is 2.22 bits per heavy atom. The van der Waals surface area contributed by atoms with E-state index in [4.69, 9.17) is 10.8 Å². The number of carbonyl (C=O) groups is 2. The van der Waals surface area contributed by atoms with Crippen LogP contribution in [-0.2, 0) is 9.59 Å². The van der Waals surface area contributed by atoms with Crippen LogP contribution in [0.2, 0.25) is 0 Å². The van der Waals surface area contributed by atoms with Crippen molar-refractivity contribution in [2.75, 3.05) is 7.05 Å². The number of nitrogens with zero attached hydrogens (tertiary/aromatic N) is 1. The van der Waals surface area contributed by atoms with E-state index in [2.05, 4.69) is 0 Å². The Bertz CT molecular complexity index is 333. The van der Waals surface area contributed by atoms with Gasteiger partial charge in [0, 0.05) is 19.0 Å². The van der Waals surface area contributed by atoms with Crippen LogP contribution in [0.4, 0.5) is 0 Å². The summed E-state index contributed by atoms with van der Waals surface area (Å²) in [6, 6.07) is 0. The van der Waals surface area contributed by atoms with E-state index in [0.717, 1.165) is 25.7 Å². The molecule has 5 heteroatoms. The molecule has 1 saturated carbocycles. The van der Waals surface area contributed by atoms with Crippen molar-refractivity contribution < 1.29 is 14.7 Å². The molecule has 0 radical (unpaired) electrons. The smallest absolute Gasteiger partial charge is 0.329 e. The number of nitrogens with two attached hydrogens (primary N) is 1. The van der Waals surface area contributed by atoms with Gasteiger partial charge in [-0.3, -0.25) is 4.79 Å². The third-order valence-corrected chi connectivity index (χ3v) is 4.09. The van der Waals surface area contributed by atoms with Gasteiger partial charge in [-0.15, -0.1) is 0 Å². The lowest BCUT2D eigenvalue weighted by molar-refractivity contribution is -0.155. The lowest BCUT2D eigenvalue weighted by atomic mass is 9.79. The van der Waals surface area contributed by atoms with Crippen molar-refractivity contribution in [3.63, 3.8) is 0 Å². The van der Waals surface area contributed by atoms with Crippen LogP contribution in [-0.4, -0.2) is 40.0 Å². The van der Waals surface area contributed by atoms with E-state index in [1.807, 2.05) is 0 Å². The second kappa shape index (κ2) is 5.26. The van der Waals surface area contributed by atoms with Crippen LogP contribution in [0.1, 0.15) is 52.4 Å². The molecule has 1 fully saturated rings. The van der Waals surface area contributed by atoms with Gasteiger partial charge in [0.15, 0.2) is 0 Å². The van der Waals surface area contributed by atoms with Crippen LogP contribution in [0.25, 0.3) is 0 Å². The van der Waals surface area contributed by atoms with Gasteiger partial charge in [-0.1, -0.05) is 19.3 Å². The Labute approximate surface area is 108 Å². The lowest BCUT2D eigenvalue weighted by Gasteiger charge is -2.37. The number of aliphatic carboxylic acids is 1. The summed E-state index contributed by atoms with van der Waals surface area (Å²) in [5.41, 5.74) is 4.58. The fourth-order valence-electron chi connectivity index (χ4n) is 2.31. The fraction of sp³-hybridized carbons (Fsp3) is 0.846. The van der Waals surface area contributed by atoms with Gasteiger partial charge in [0.05, 0.1) is 0 Å². The van der Waals surface area contributed by atoms with Crippen LogP contribution in [0.5, 0.6) is 0 Å². The Morgan fingerprint density at radius 2 is 1.78 bits per heavy atom. The van der Waals surface area contributed by atoms with Crippen molar-refractivity contribution in [1.29, 1.82) is 0 Å². The van der Waals surface area contributed by atoms with E-state index in [1.165, 1.54) is 32.2 Å². The van der Waals surface area contributed by atoms with Gasteiger partial charge < -0.3 is 15.7 Å². The lowest BCUT2D eigenvalue weighted by Crippen LogP contribution is -2.54. The van der Waals surface area contributed by atoms with Gasteiger partial charge in [-0.05, 0) is 26.7 Å². The molecule has 104 valence electrons. The van der Waals surface area contributed by atoms with E-state index < -0.39 is 17.0 Å². The Hall–Kier alpha value is -1.10. The maximum absolute atomic E-state index is 12.2. The van der Waals surface area contributed by atoms with E-state index in [9.17, 15) is 9.59 Å². The predicted molar refractivity (Wildman–Crippen MR) is 69.1 cm³/mol. The second-order valence-corrected chi connectivity index (χ2v) is 5.92. The summed E-state index contributed by atoms with van der Waals surface area (Å²) in [7, 11) is 1.53. The zero-order chi connectivity index (χ0) is 14.0. The molecule has 0 bridgehead atoms. The molecule has 1 aliphatic carbocycles. The number of hydrogen-bond donors (Lipinski definition) is 2. The first-order valence-electron chi connectivity index (χ1n) is 6.48. The minimum Gasteiger partial charge on any atom is -0.480 e. The Morgan fingerprint density at radius 1 is 1.28 bits per heavy atom. The third-order valence-electron chi connectivity index (χ3n) is 4.09. The predicted octanol–water partition coefficient (Wildman–Crippen LogP) is 1.36. The molecular formula is C13H24N2O3. The van der Waals surface area contributed by atoms with Gasteiger partial charge in [-0.25, -0.2) is 4.79 Å². The molecule has 18 heavy (non-hydrogen) atoms. The van der Waals surface area contributed by atoms with Crippen molar-refractivity contribution in [1.82, 2.24) is 4.90 Å². The zero-order valence-corrected chi connectivity index (χ0v) is 11.5. The molecule has 1 aliphatic rings. The molecule has 0 aliphatic heterocycles. The number of carboxylic acids is 1. The molecule has 0 atom stereocenters. The first-order valence-corrected chi connectivity index (χ1v) is 6.48. The van der Waals surface area contributed by atoms with Crippen molar-refractivity contribution in [2.24, 2.45) is 5.73 Å². The molecule has 0 heterocycles. The molecule has 0 saturated heterocycles. The van der Waals surface area contributed by atoms with Crippen molar-refractivity contribution in [2.45, 2.75) is 63.5 Å². The average molecular weight is 256 g/mol. The number of rotatable bonds is 4. The highest BCUT2D eigenvalue weighted by molar-refractivity contribution is 5.86. The SMILES string of the molecule is CN(C(=O)CC1(N)CCCCC1)C(C)(C)C(=O)O. The zero-order valence-electron chi connectivity index (χ0n) is 11.5. The number of carbonyl (C=O) groups excluding carboxylic acids is 1. The Balaban J connectivity index is 2.67. The summed E-state index contributed by atoms with van der Waals surface area (Å²) in [6.07, 6.45) is 5.20. The summed E-state index contributed by atoms with van der Waals surface area (Å²) in [6.45, 7) is 3.05. The van der Waals surface area contributed by atoms with E-state index in [-0.39, 0.29) is 12.3 Å².